The van der Waals surface area contributed by atoms with E-state index in [1.807, 2.05) is 117 Å². The second kappa shape index (κ2) is 14.1. The Bertz CT molecular complexity index is 2400. The lowest BCUT2D eigenvalue weighted by Gasteiger charge is -2.32. The number of aliphatic hydroxyl groups excluding tert-OH is 1. The smallest absolute Gasteiger partial charge is 0.279 e. The number of hydrogen-bond donors (Lipinski definition) is 2. The number of amides is 1. The van der Waals surface area contributed by atoms with Crippen LogP contribution < -0.4 is 10.5 Å². The number of carbonyl (C=O) groups is 1. The minimum absolute atomic E-state index is 0.0970. The van der Waals surface area contributed by atoms with Crippen LogP contribution in [-0.4, -0.2) is 61.6 Å². The molecule has 2 aliphatic rings. The summed E-state index contributed by atoms with van der Waals surface area (Å²) < 4.78 is 11.0. The zero-order valence-corrected chi connectivity index (χ0v) is 32.8. The summed E-state index contributed by atoms with van der Waals surface area (Å²) in [7, 11) is -2.89. The Morgan fingerprint density at radius 3 is 2.46 bits per heavy atom. The van der Waals surface area contributed by atoms with Crippen molar-refractivity contribution in [1.29, 1.82) is 0 Å². The normalized spacial score (nSPS) is 21.6. The van der Waals surface area contributed by atoms with Crippen LogP contribution in [0.15, 0.2) is 119 Å². The summed E-state index contributed by atoms with van der Waals surface area (Å²) in [5.41, 5.74) is 2.92. The predicted molar refractivity (Wildman–Crippen MR) is 212 cm³/mol. The van der Waals surface area contributed by atoms with Gasteiger partial charge in [0.25, 0.3) is 11.5 Å². The fraction of sp³-hybridized carbons (Fsp3) is 0.293. The van der Waals surface area contributed by atoms with Gasteiger partial charge in [0.15, 0.2) is 13.9 Å². The van der Waals surface area contributed by atoms with E-state index in [-0.39, 0.29) is 42.0 Å². The van der Waals surface area contributed by atoms with Crippen LogP contribution in [0.25, 0.3) is 16.5 Å². The molecule has 1 spiro atoms. The lowest BCUT2D eigenvalue weighted by atomic mass is 9.82. The number of benzene rings is 4. The molecule has 6 aromatic rings. The summed E-state index contributed by atoms with van der Waals surface area (Å²) in [4.78, 5) is 41.7. The average Bonchev–Trinajstić information content (AvgIpc) is 3.82. The van der Waals surface area contributed by atoms with Crippen molar-refractivity contribution in [3.8, 4) is 5.69 Å². The van der Waals surface area contributed by atoms with Crippen molar-refractivity contribution in [3.63, 3.8) is 0 Å². The maximum absolute atomic E-state index is 14.9. The molecule has 4 heterocycles. The van der Waals surface area contributed by atoms with Gasteiger partial charge < -0.3 is 19.5 Å². The van der Waals surface area contributed by atoms with Crippen LogP contribution >= 0.6 is 15.9 Å². The highest BCUT2D eigenvalue weighted by Crippen LogP contribution is 2.60. The van der Waals surface area contributed by atoms with Crippen LogP contribution in [-0.2, 0) is 28.2 Å². The summed E-state index contributed by atoms with van der Waals surface area (Å²) in [6, 6.07) is 30.5. The van der Waals surface area contributed by atoms with Crippen LogP contribution in [0.4, 0.5) is 5.69 Å². The van der Waals surface area contributed by atoms with Gasteiger partial charge in [-0.15, -0.1) is 5.10 Å². The van der Waals surface area contributed by atoms with Gasteiger partial charge in [-0.1, -0.05) is 88.7 Å². The van der Waals surface area contributed by atoms with Gasteiger partial charge in [-0.05, 0) is 67.0 Å². The molecule has 1 amide bonds. The van der Waals surface area contributed by atoms with E-state index in [0.29, 0.717) is 29.7 Å². The van der Waals surface area contributed by atoms with Crippen molar-refractivity contribution < 1.29 is 19.4 Å². The quantitative estimate of drug-likeness (QED) is 0.154. The number of hydrogen-bond acceptors (Lipinski definition) is 8. The molecule has 4 aromatic carbocycles. The third-order valence-electron chi connectivity index (χ3n) is 11.1. The number of ether oxygens (including phenoxy) is 1. The number of carbonyl (C=O) groups excluding carboxylic acids is 1. The molecule has 0 saturated carbocycles. The molecule has 0 aliphatic carbocycles. The first-order chi connectivity index (χ1) is 26.0. The average molecular weight is 806 g/mol. The topological polar surface area (TPSA) is 136 Å². The first kappa shape index (κ1) is 36.2. The zero-order valence-electron chi connectivity index (χ0n) is 30.2. The van der Waals surface area contributed by atoms with Gasteiger partial charge >= 0.3 is 0 Å². The van der Waals surface area contributed by atoms with E-state index in [1.165, 1.54) is 4.68 Å². The van der Waals surface area contributed by atoms with Gasteiger partial charge in [0.05, 0.1) is 53.8 Å². The lowest BCUT2D eigenvalue weighted by molar-refractivity contribution is -0.146. The maximum atomic E-state index is 14.9. The lowest BCUT2D eigenvalue weighted by Crippen LogP contribution is -2.46. The molecule has 1 unspecified atom stereocenters. The Labute approximate surface area is 322 Å². The number of anilines is 1. The molecule has 11 nitrogen and oxygen atoms in total. The van der Waals surface area contributed by atoms with Gasteiger partial charge in [0, 0.05) is 39.6 Å². The number of fused-ring (bicyclic) bond motifs is 3. The molecule has 2 aromatic heterocycles. The maximum Gasteiger partial charge on any atom is 0.279 e. The predicted octanol–water partition coefficient (Wildman–Crippen LogP) is 6.30. The molecular formula is C41H41BrN6O5Si. The van der Waals surface area contributed by atoms with Crippen LogP contribution in [0.5, 0.6) is 0 Å². The SMILES string of the molecule is C[C@@H]1[C@@H]([Si](C)(C)O)[C@H](CCn2cc(C(CO)c3ccccc3)nn2)O[C@@]12C(=O)N(Cc1ccc(-n3ncc4ccccc4c3=O)cc1)c1ccc(Br)cc12. The van der Waals surface area contributed by atoms with Gasteiger partial charge in [0.1, 0.15) is 0 Å². The summed E-state index contributed by atoms with van der Waals surface area (Å²) in [5.74, 6) is -0.785. The number of rotatable bonds is 10. The monoisotopic (exact) mass is 804 g/mol. The van der Waals surface area contributed by atoms with Gasteiger partial charge in [-0.25, -0.2) is 0 Å². The standard InChI is InChI=1S/C41H41BrN6O5Si/c1-26-38(54(2,3)52)37(19-20-46-24-35(44-45-46)33(25-49)28-9-5-4-6-10-28)53-41(26)34-21-30(42)15-18-36(34)47(40(41)51)23-27-13-16-31(17-14-27)48-39(50)32-12-8-7-11-29(32)22-43-48/h4-18,21-22,24,26,33,37-38,49,52H,19-20,23,25H2,1-3H3/t26-,33?,37+,38-,41+/m1/s1. The highest BCUT2D eigenvalue weighted by molar-refractivity contribution is 9.10. The summed E-state index contributed by atoms with van der Waals surface area (Å²) >= 11 is 3.64. The van der Waals surface area contributed by atoms with E-state index < -0.39 is 20.0 Å². The minimum Gasteiger partial charge on any atom is -0.432 e. The number of nitrogens with zero attached hydrogens (tertiary/aromatic N) is 6. The van der Waals surface area contributed by atoms with Gasteiger partial charge in [-0.3, -0.25) is 14.3 Å². The minimum atomic E-state index is -2.89. The summed E-state index contributed by atoms with van der Waals surface area (Å²) in [5, 5.41) is 24.7. The van der Waals surface area contributed by atoms with Crippen molar-refractivity contribution in [2.45, 2.75) is 62.7 Å². The van der Waals surface area contributed by atoms with Crippen LogP contribution in [0.3, 0.4) is 0 Å². The number of halogens is 1. The molecule has 0 bridgehead atoms. The third kappa shape index (κ3) is 6.23. The molecular weight excluding hydrogens is 764 g/mol. The largest absolute Gasteiger partial charge is 0.432 e. The molecule has 1 fully saturated rings. The molecule has 13 heteroatoms. The molecule has 2 N–H and O–H groups in total. The Hall–Kier alpha value is -4.79. The fourth-order valence-corrected chi connectivity index (χ4v) is 11.5. The van der Waals surface area contributed by atoms with E-state index in [0.717, 1.165) is 32.2 Å². The van der Waals surface area contributed by atoms with Crippen molar-refractivity contribution in [2.75, 3.05) is 11.5 Å². The van der Waals surface area contributed by atoms with Crippen molar-refractivity contribution in [2.24, 2.45) is 5.92 Å². The van der Waals surface area contributed by atoms with Crippen molar-refractivity contribution in [3.05, 3.63) is 147 Å². The van der Waals surface area contributed by atoms with E-state index in [1.54, 1.807) is 21.8 Å². The van der Waals surface area contributed by atoms with Crippen LogP contribution in [0.2, 0.25) is 18.6 Å². The van der Waals surface area contributed by atoms with Crippen LogP contribution in [0.1, 0.15) is 41.6 Å². The molecule has 2 aliphatic heterocycles. The van der Waals surface area contributed by atoms with E-state index >= 15 is 0 Å². The van der Waals surface area contributed by atoms with Crippen molar-refractivity contribution in [1.82, 2.24) is 24.8 Å². The molecule has 54 heavy (non-hydrogen) atoms. The number of aromatic nitrogens is 5. The van der Waals surface area contributed by atoms with Gasteiger partial charge in [-0.2, -0.15) is 9.78 Å². The first-order valence-electron chi connectivity index (χ1n) is 18.1. The second-order valence-electron chi connectivity index (χ2n) is 14.9. The highest BCUT2D eigenvalue weighted by Gasteiger charge is 2.66. The molecule has 1 saturated heterocycles. The number of aliphatic hydroxyl groups is 1. The second-order valence-corrected chi connectivity index (χ2v) is 19.8. The van der Waals surface area contributed by atoms with Gasteiger partial charge in [0.2, 0.25) is 0 Å². The van der Waals surface area contributed by atoms with Crippen molar-refractivity contribution >= 4 is 46.6 Å². The number of aryl methyl sites for hydroxylation is 1. The Kier molecular flexibility index (Phi) is 9.47. The Balaban J connectivity index is 1.07. The molecule has 276 valence electrons. The Morgan fingerprint density at radius 2 is 1.72 bits per heavy atom. The zero-order chi connectivity index (χ0) is 37.8. The highest BCUT2D eigenvalue weighted by atomic mass is 79.9. The fourth-order valence-electron chi connectivity index (χ4n) is 8.57. The third-order valence-corrected chi connectivity index (χ3v) is 14.1. The molecule has 0 radical (unpaired) electrons. The van der Waals surface area contributed by atoms with E-state index in [9.17, 15) is 19.5 Å². The van der Waals surface area contributed by atoms with E-state index in [4.69, 9.17) is 4.74 Å². The van der Waals surface area contributed by atoms with E-state index in [2.05, 4.69) is 31.3 Å². The Morgan fingerprint density at radius 1 is 0.981 bits per heavy atom. The molecule has 8 rings (SSSR count). The summed E-state index contributed by atoms with van der Waals surface area (Å²) in [6.07, 6.45) is 3.62. The first-order valence-corrected chi connectivity index (χ1v) is 22.0. The molecule has 5 atom stereocenters. The van der Waals surface area contributed by atoms with Crippen LogP contribution in [0, 0.1) is 5.92 Å². The summed E-state index contributed by atoms with van der Waals surface area (Å²) in [6.45, 7) is 6.51.